The summed E-state index contributed by atoms with van der Waals surface area (Å²) < 4.78 is 9.49. The Morgan fingerprint density at radius 1 is 1.83 bits per heavy atom. The Bertz CT molecular complexity index is 87.5. The van der Waals surface area contributed by atoms with E-state index >= 15 is 0 Å². The lowest BCUT2D eigenvalue weighted by atomic mass is 10.5. The van der Waals surface area contributed by atoms with E-state index in [2.05, 4.69) is 11.6 Å². The monoisotopic (exact) mass is 100 g/mol. The summed E-state index contributed by atoms with van der Waals surface area (Å²) in [7, 11) is -0.0657. The van der Waals surface area contributed by atoms with E-state index in [0.717, 1.165) is 6.42 Å². The topological polar surface area (TPSA) is 17.1 Å². The van der Waals surface area contributed by atoms with Gasteiger partial charge in [0.25, 0.3) is 0 Å². The molecular formula is C4H5OP. The third-order valence-electron chi connectivity index (χ3n) is 0.301. The number of hydrogen-bond donors (Lipinski definition) is 0. The van der Waals surface area contributed by atoms with Crippen molar-refractivity contribution < 1.29 is 4.57 Å². The molecule has 0 N–H and O–H groups in total. The van der Waals surface area contributed by atoms with Crippen molar-refractivity contribution in [2.75, 3.05) is 0 Å². The molecule has 0 rings (SSSR count). The molecule has 32 valence electrons. The third kappa shape index (κ3) is 3.66. The maximum absolute atomic E-state index is 9.49. The van der Waals surface area contributed by atoms with Crippen LogP contribution in [0.3, 0.4) is 0 Å². The molecule has 0 saturated carbocycles. The summed E-state index contributed by atoms with van der Waals surface area (Å²) in [5.41, 5.74) is 2.36. The summed E-state index contributed by atoms with van der Waals surface area (Å²) in [6.45, 7) is 1.91. The fraction of sp³-hybridized carbons (Fsp3) is 0.500. The second kappa shape index (κ2) is 4.66. The molecule has 0 fully saturated rings. The minimum absolute atomic E-state index is 0.0657. The van der Waals surface area contributed by atoms with Crippen LogP contribution in [0.25, 0.3) is 0 Å². The first-order valence-corrected chi connectivity index (χ1v) is 2.53. The zero-order valence-corrected chi connectivity index (χ0v) is 4.46. The molecule has 0 heterocycles. The van der Waals surface area contributed by atoms with Crippen molar-refractivity contribution in [3.8, 4) is 11.6 Å². The van der Waals surface area contributed by atoms with Gasteiger partial charge in [-0.2, -0.15) is 0 Å². The van der Waals surface area contributed by atoms with Gasteiger partial charge in [0, 0.05) is 12.1 Å². The summed E-state index contributed by atoms with van der Waals surface area (Å²) in [6.07, 6.45) is 0.787. The summed E-state index contributed by atoms with van der Waals surface area (Å²) in [4.78, 5) is 0. The van der Waals surface area contributed by atoms with Crippen LogP contribution in [0.2, 0.25) is 0 Å². The summed E-state index contributed by atoms with van der Waals surface area (Å²) in [5.74, 6) is 2.62. The molecule has 0 aromatic heterocycles. The summed E-state index contributed by atoms with van der Waals surface area (Å²) >= 11 is 0. The van der Waals surface area contributed by atoms with Gasteiger partial charge in [-0.1, -0.05) is 12.8 Å². The molecule has 0 amide bonds. The van der Waals surface area contributed by atoms with Gasteiger partial charge in [-0.25, -0.2) is 0 Å². The second-order valence-corrected chi connectivity index (χ2v) is 1.14. The van der Waals surface area contributed by atoms with Crippen molar-refractivity contribution in [2.45, 2.75) is 13.3 Å². The predicted molar refractivity (Wildman–Crippen MR) is 25.7 cm³/mol. The lowest BCUT2D eigenvalue weighted by Gasteiger charge is -1.57. The fourth-order valence-electron chi connectivity index (χ4n) is 0.111. The average molecular weight is 100 g/mol. The Hall–Kier alpha value is -0.340. The van der Waals surface area contributed by atoms with Crippen molar-refractivity contribution in [1.29, 1.82) is 0 Å². The van der Waals surface area contributed by atoms with Gasteiger partial charge in [0.1, 0.15) is 0 Å². The van der Waals surface area contributed by atoms with Crippen LogP contribution in [0.15, 0.2) is 0 Å². The van der Waals surface area contributed by atoms with Crippen LogP contribution in [0.1, 0.15) is 13.3 Å². The molecule has 0 aromatic rings. The van der Waals surface area contributed by atoms with Crippen LogP contribution in [-0.4, -0.2) is 0 Å². The first kappa shape index (κ1) is 5.66. The van der Waals surface area contributed by atoms with Gasteiger partial charge in [-0.15, -0.1) is 0 Å². The van der Waals surface area contributed by atoms with Gasteiger partial charge < -0.3 is 0 Å². The van der Waals surface area contributed by atoms with Gasteiger partial charge in [-0.3, -0.25) is 4.57 Å². The Labute approximate surface area is 39.0 Å². The van der Waals surface area contributed by atoms with Crippen LogP contribution < -0.4 is 0 Å². The second-order valence-electron chi connectivity index (χ2n) is 0.733. The standard InChI is InChI=1S/C4H5OP/c1-2-3-4-6-5/h2H2,1H3. The summed E-state index contributed by atoms with van der Waals surface area (Å²) in [6, 6.07) is 0. The van der Waals surface area contributed by atoms with Crippen LogP contribution in [-0.2, 0) is 4.57 Å². The van der Waals surface area contributed by atoms with Gasteiger partial charge in [0.15, 0.2) is 0 Å². The quantitative estimate of drug-likeness (QED) is 0.334. The lowest BCUT2D eigenvalue weighted by Crippen LogP contribution is -1.43. The smallest absolute Gasteiger partial charge is 0.246 e. The average Bonchev–Trinajstić information content (AvgIpc) is 1.61. The van der Waals surface area contributed by atoms with Gasteiger partial charge in [0.2, 0.25) is 8.46 Å². The molecular weight excluding hydrogens is 95.0 g/mol. The van der Waals surface area contributed by atoms with E-state index in [-0.39, 0.29) is 8.46 Å². The van der Waals surface area contributed by atoms with E-state index in [4.69, 9.17) is 0 Å². The third-order valence-corrected chi connectivity index (χ3v) is 0.551. The number of rotatable bonds is 0. The van der Waals surface area contributed by atoms with Crippen LogP contribution in [0, 0.1) is 11.6 Å². The highest BCUT2D eigenvalue weighted by molar-refractivity contribution is 7.30. The van der Waals surface area contributed by atoms with Crippen LogP contribution >= 0.6 is 8.46 Å². The SMILES string of the molecule is CCC#CP=O. The molecule has 0 aliphatic heterocycles. The van der Waals surface area contributed by atoms with E-state index in [9.17, 15) is 4.57 Å². The van der Waals surface area contributed by atoms with Crippen LogP contribution in [0.4, 0.5) is 0 Å². The minimum Gasteiger partial charge on any atom is -0.260 e. The minimum atomic E-state index is -0.0657. The highest BCUT2D eigenvalue weighted by atomic mass is 31.1. The lowest BCUT2D eigenvalue weighted by molar-refractivity contribution is 0.603. The molecule has 0 aromatic carbocycles. The maximum atomic E-state index is 9.49. The first-order chi connectivity index (χ1) is 2.91. The zero-order valence-electron chi connectivity index (χ0n) is 3.56. The molecule has 0 saturated heterocycles. The highest BCUT2D eigenvalue weighted by Crippen LogP contribution is 1.82. The van der Waals surface area contributed by atoms with Crippen molar-refractivity contribution in [2.24, 2.45) is 0 Å². The van der Waals surface area contributed by atoms with E-state index in [1.807, 2.05) is 6.92 Å². The molecule has 0 bridgehead atoms. The van der Waals surface area contributed by atoms with Crippen molar-refractivity contribution in [3.63, 3.8) is 0 Å². The molecule has 1 nitrogen and oxygen atoms in total. The molecule has 0 aliphatic rings. The maximum Gasteiger partial charge on any atom is 0.246 e. The molecule has 0 aliphatic carbocycles. The van der Waals surface area contributed by atoms with Gasteiger partial charge in [0.05, 0.1) is 0 Å². The Morgan fingerprint density at radius 3 is 2.67 bits per heavy atom. The van der Waals surface area contributed by atoms with Crippen molar-refractivity contribution >= 4 is 8.46 Å². The van der Waals surface area contributed by atoms with Gasteiger partial charge >= 0.3 is 0 Å². The number of hydrogen-bond acceptors (Lipinski definition) is 1. The highest BCUT2D eigenvalue weighted by Gasteiger charge is 1.56. The van der Waals surface area contributed by atoms with E-state index in [1.54, 1.807) is 0 Å². The Kier molecular flexibility index (Phi) is 4.40. The normalized spacial score (nSPS) is 6.83. The molecule has 0 atom stereocenters. The zero-order chi connectivity index (χ0) is 4.83. The van der Waals surface area contributed by atoms with Gasteiger partial charge in [-0.05, 0) is 0 Å². The van der Waals surface area contributed by atoms with E-state index < -0.39 is 0 Å². The molecule has 6 heavy (non-hydrogen) atoms. The Balaban J connectivity index is 3.13. The fourth-order valence-corrected chi connectivity index (χ4v) is 0.334. The predicted octanol–water partition coefficient (Wildman–Crippen LogP) is 1.65. The Morgan fingerprint density at radius 2 is 2.50 bits per heavy atom. The van der Waals surface area contributed by atoms with E-state index in [1.165, 1.54) is 0 Å². The van der Waals surface area contributed by atoms with Crippen molar-refractivity contribution in [3.05, 3.63) is 0 Å². The molecule has 2 heteroatoms. The van der Waals surface area contributed by atoms with E-state index in [0.29, 0.717) is 0 Å². The largest absolute Gasteiger partial charge is 0.260 e. The van der Waals surface area contributed by atoms with Crippen molar-refractivity contribution in [1.82, 2.24) is 0 Å². The molecule has 0 spiro atoms. The molecule has 0 unspecified atom stereocenters. The van der Waals surface area contributed by atoms with Crippen LogP contribution in [0.5, 0.6) is 0 Å². The summed E-state index contributed by atoms with van der Waals surface area (Å²) in [5, 5.41) is 0. The molecule has 0 radical (unpaired) electrons. The first-order valence-electron chi connectivity index (χ1n) is 1.72.